The molecule has 0 aliphatic carbocycles. The lowest BCUT2D eigenvalue weighted by atomic mass is 10.2. The Labute approximate surface area is 132 Å². The first-order valence-electron chi connectivity index (χ1n) is 5.90. The quantitative estimate of drug-likeness (QED) is 0.635. The van der Waals surface area contributed by atoms with Gasteiger partial charge >= 0.3 is 5.76 Å². The van der Waals surface area contributed by atoms with Crippen LogP contribution in [0.4, 0.5) is 0 Å². The molecule has 1 heterocycles. The van der Waals surface area contributed by atoms with Crippen molar-refractivity contribution in [3.8, 4) is 17.0 Å². The van der Waals surface area contributed by atoms with E-state index >= 15 is 0 Å². The van der Waals surface area contributed by atoms with Gasteiger partial charge in [-0.25, -0.2) is 9.36 Å². The highest BCUT2D eigenvalue weighted by atomic mass is 79.9. The molecule has 0 bridgehead atoms. The van der Waals surface area contributed by atoms with E-state index in [9.17, 15) is 4.79 Å². The second-order valence-corrected chi connectivity index (χ2v) is 5.75. The number of oxazole rings is 1. The lowest BCUT2D eigenvalue weighted by Crippen LogP contribution is -2.12. The van der Waals surface area contributed by atoms with E-state index in [4.69, 9.17) is 4.42 Å². The molecule has 0 amide bonds. The highest BCUT2D eigenvalue weighted by molar-refractivity contribution is 9.11. The van der Waals surface area contributed by atoms with Gasteiger partial charge in [0.05, 0.1) is 5.69 Å². The zero-order valence-corrected chi connectivity index (χ0v) is 13.4. The monoisotopic (exact) mass is 393 g/mol. The van der Waals surface area contributed by atoms with Crippen molar-refractivity contribution in [2.45, 2.75) is 0 Å². The molecule has 0 saturated carbocycles. The number of rotatable bonds is 2. The molecule has 3 nitrogen and oxygen atoms in total. The van der Waals surface area contributed by atoms with Crippen LogP contribution >= 0.6 is 31.9 Å². The van der Waals surface area contributed by atoms with Gasteiger partial charge in [-0.05, 0) is 44.0 Å². The standard InChI is InChI=1S/C15H9Br2NO2/c16-11-8-4-5-9-12(11)18-14(17)13(20-15(18)19)10-6-2-1-3-7-10/h1-9H. The molecule has 0 spiro atoms. The minimum Gasteiger partial charge on any atom is -0.406 e. The highest BCUT2D eigenvalue weighted by Gasteiger charge is 2.18. The van der Waals surface area contributed by atoms with Crippen molar-refractivity contribution in [2.75, 3.05) is 0 Å². The summed E-state index contributed by atoms with van der Waals surface area (Å²) in [4.78, 5) is 12.1. The summed E-state index contributed by atoms with van der Waals surface area (Å²) in [6, 6.07) is 17.0. The van der Waals surface area contributed by atoms with Gasteiger partial charge in [0.25, 0.3) is 0 Å². The molecule has 2 aromatic carbocycles. The van der Waals surface area contributed by atoms with Crippen molar-refractivity contribution >= 4 is 31.9 Å². The van der Waals surface area contributed by atoms with E-state index in [0.717, 1.165) is 15.7 Å². The van der Waals surface area contributed by atoms with Gasteiger partial charge in [0.2, 0.25) is 0 Å². The van der Waals surface area contributed by atoms with Crippen LogP contribution in [0.1, 0.15) is 0 Å². The normalized spacial score (nSPS) is 10.7. The largest absolute Gasteiger partial charge is 0.425 e. The third-order valence-corrected chi connectivity index (χ3v) is 4.27. The average molecular weight is 395 g/mol. The lowest BCUT2D eigenvalue weighted by molar-refractivity contribution is 0.516. The summed E-state index contributed by atoms with van der Waals surface area (Å²) in [7, 11) is 0. The maximum Gasteiger partial charge on any atom is 0.425 e. The van der Waals surface area contributed by atoms with Crippen LogP contribution in [0.2, 0.25) is 0 Å². The van der Waals surface area contributed by atoms with Crippen LogP contribution in [0.5, 0.6) is 0 Å². The number of hydrogen-bond acceptors (Lipinski definition) is 2. The van der Waals surface area contributed by atoms with Crippen molar-refractivity contribution in [1.29, 1.82) is 0 Å². The number of hydrogen-bond donors (Lipinski definition) is 0. The molecular formula is C15H9Br2NO2. The third-order valence-electron chi connectivity index (χ3n) is 2.88. The summed E-state index contributed by atoms with van der Waals surface area (Å²) in [6.45, 7) is 0. The first-order valence-corrected chi connectivity index (χ1v) is 7.49. The molecule has 0 saturated heterocycles. The zero-order valence-electron chi connectivity index (χ0n) is 10.2. The van der Waals surface area contributed by atoms with Gasteiger partial charge in [0.15, 0.2) is 5.76 Å². The summed E-state index contributed by atoms with van der Waals surface area (Å²) in [5.41, 5.74) is 1.58. The second kappa shape index (κ2) is 5.42. The highest BCUT2D eigenvalue weighted by Crippen LogP contribution is 2.31. The lowest BCUT2D eigenvalue weighted by Gasteiger charge is -2.04. The van der Waals surface area contributed by atoms with Gasteiger partial charge in [-0.15, -0.1) is 0 Å². The molecule has 0 unspecified atom stereocenters. The van der Waals surface area contributed by atoms with Crippen LogP contribution in [-0.2, 0) is 0 Å². The van der Waals surface area contributed by atoms with Crippen LogP contribution in [0, 0.1) is 0 Å². The Morgan fingerprint density at radius 2 is 1.55 bits per heavy atom. The van der Waals surface area contributed by atoms with Gasteiger partial charge in [0.1, 0.15) is 4.60 Å². The second-order valence-electron chi connectivity index (χ2n) is 4.14. The molecule has 0 N–H and O–H groups in total. The number of nitrogens with zero attached hydrogens (tertiary/aromatic N) is 1. The van der Waals surface area contributed by atoms with E-state index in [0.29, 0.717) is 10.4 Å². The van der Waals surface area contributed by atoms with Crippen LogP contribution < -0.4 is 5.76 Å². The topological polar surface area (TPSA) is 35.1 Å². The van der Waals surface area contributed by atoms with E-state index < -0.39 is 5.76 Å². The number of para-hydroxylation sites is 1. The van der Waals surface area contributed by atoms with Gasteiger partial charge in [-0.2, -0.15) is 0 Å². The fraction of sp³-hybridized carbons (Fsp3) is 0. The fourth-order valence-electron chi connectivity index (χ4n) is 1.96. The molecule has 100 valence electrons. The summed E-state index contributed by atoms with van der Waals surface area (Å²) in [6.07, 6.45) is 0. The van der Waals surface area contributed by atoms with E-state index in [1.54, 1.807) is 0 Å². The number of benzene rings is 2. The van der Waals surface area contributed by atoms with Crippen LogP contribution in [0.15, 0.2) is 72.9 Å². The molecule has 3 rings (SSSR count). The van der Waals surface area contributed by atoms with Crippen LogP contribution in [-0.4, -0.2) is 4.57 Å². The van der Waals surface area contributed by atoms with Gasteiger partial charge in [0, 0.05) is 10.0 Å². The van der Waals surface area contributed by atoms with Crippen molar-refractivity contribution in [2.24, 2.45) is 0 Å². The van der Waals surface area contributed by atoms with Crippen LogP contribution in [0.3, 0.4) is 0 Å². The predicted molar refractivity (Wildman–Crippen MR) is 85.1 cm³/mol. The Balaban J connectivity index is 2.23. The van der Waals surface area contributed by atoms with Crippen molar-refractivity contribution in [3.05, 3.63) is 74.2 Å². The summed E-state index contributed by atoms with van der Waals surface area (Å²) < 4.78 is 8.29. The van der Waals surface area contributed by atoms with Gasteiger partial charge in [-0.1, -0.05) is 42.5 Å². The van der Waals surface area contributed by atoms with Crippen molar-refractivity contribution in [1.82, 2.24) is 4.57 Å². The first-order chi connectivity index (χ1) is 9.68. The Morgan fingerprint density at radius 1 is 0.900 bits per heavy atom. The molecule has 0 atom stereocenters. The van der Waals surface area contributed by atoms with Crippen LogP contribution in [0.25, 0.3) is 17.0 Å². The predicted octanol–water partition coefficient (Wildman–Crippen LogP) is 4.62. The minimum atomic E-state index is -0.428. The maximum absolute atomic E-state index is 12.1. The first kappa shape index (κ1) is 13.4. The summed E-state index contributed by atoms with van der Waals surface area (Å²) >= 11 is 6.90. The molecule has 20 heavy (non-hydrogen) atoms. The molecule has 0 fully saturated rings. The van der Waals surface area contributed by atoms with Gasteiger partial charge in [-0.3, -0.25) is 0 Å². The van der Waals surface area contributed by atoms with Crippen molar-refractivity contribution in [3.63, 3.8) is 0 Å². The summed E-state index contributed by atoms with van der Waals surface area (Å²) in [5, 5.41) is 0. The molecule has 0 aliphatic rings. The van der Waals surface area contributed by atoms with E-state index in [1.165, 1.54) is 4.57 Å². The minimum absolute atomic E-state index is 0.428. The third kappa shape index (κ3) is 2.27. The molecular weight excluding hydrogens is 386 g/mol. The van der Waals surface area contributed by atoms with E-state index in [2.05, 4.69) is 31.9 Å². The number of aromatic nitrogens is 1. The Morgan fingerprint density at radius 3 is 2.25 bits per heavy atom. The Kier molecular flexibility index (Phi) is 3.63. The van der Waals surface area contributed by atoms with E-state index in [1.807, 2.05) is 54.6 Å². The SMILES string of the molecule is O=c1oc(-c2ccccc2)c(Br)n1-c1ccccc1Br. The van der Waals surface area contributed by atoms with Crippen molar-refractivity contribution < 1.29 is 4.42 Å². The summed E-state index contributed by atoms with van der Waals surface area (Å²) in [5.74, 6) is 0.0916. The number of halogens is 2. The average Bonchev–Trinajstić information content (AvgIpc) is 2.76. The molecule has 3 aromatic rings. The Bertz CT molecular complexity index is 806. The Hall–Kier alpha value is -1.59. The molecule has 0 radical (unpaired) electrons. The smallest absolute Gasteiger partial charge is 0.406 e. The molecule has 1 aromatic heterocycles. The van der Waals surface area contributed by atoms with E-state index in [-0.39, 0.29) is 0 Å². The molecule has 5 heteroatoms. The molecule has 0 aliphatic heterocycles. The fourth-order valence-corrected chi connectivity index (χ4v) is 3.07. The van der Waals surface area contributed by atoms with Gasteiger partial charge < -0.3 is 4.42 Å². The zero-order chi connectivity index (χ0) is 14.1. The maximum atomic E-state index is 12.1.